The first-order valence-corrected chi connectivity index (χ1v) is 8.61. The quantitative estimate of drug-likeness (QED) is 0.859. The van der Waals surface area contributed by atoms with Crippen molar-refractivity contribution in [2.24, 2.45) is 0 Å². The van der Waals surface area contributed by atoms with Crippen LogP contribution in [0.2, 0.25) is 0 Å². The zero-order chi connectivity index (χ0) is 16.1. The number of thioether (sulfide) groups is 1. The van der Waals surface area contributed by atoms with Crippen LogP contribution >= 0.6 is 11.8 Å². The van der Waals surface area contributed by atoms with E-state index in [0.717, 1.165) is 17.0 Å². The van der Waals surface area contributed by atoms with Crippen molar-refractivity contribution in [1.82, 2.24) is 0 Å². The molecule has 0 atom stereocenters. The van der Waals surface area contributed by atoms with Crippen LogP contribution in [0.3, 0.4) is 0 Å². The molecule has 0 spiro atoms. The lowest BCUT2D eigenvalue weighted by atomic mass is 10.1. The Balaban J connectivity index is 1.85. The fourth-order valence-electron chi connectivity index (χ4n) is 2.55. The molecule has 0 saturated heterocycles. The molecule has 2 rings (SSSR count). The lowest BCUT2D eigenvalue weighted by Gasteiger charge is -2.09. The monoisotopic (exact) mass is 313 g/mol. The molecular weight excluding hydrogens is 290 g/mol. The van der Waals surface area contributed by atoms with Gasteiger partial charge in [0.25, 0.3) is 0 Å². The predicted octanol–water partition coefficient (Wildman–Crippen LogP) is 4.79. The number of aryl methyl sites for hydroxylation is 4. The third kappa shape index (κ3) is 4.92. The Morgan fingerprint density at radius 1 is 0.955 bits per heavy atom. The van der Waals surface area contributed by atoms with Crippen LogP contribution in [0.25, 0.3) is 0 Å². The molecule has 0 heterocycles. The summed E-state index contributed by atoms with van der Waals surface area (Å²) in [4.78, 5) is 12.0. The lowest BCUT2D eigenvalue weighted by molar-refractivity contribution is -0.113. The molecule has 0 bridgehead atoms. The van der Waals surface area contributed by atoms with Crippen molar-refractivity contribution in [1.29, 1.82) is 0 Å². The maximum Gasteiger partial charge on any atom is 0.234 e. The Hall–Kier alpha value is -1.74. The number of carbonyl (C=O) groups is 1. The highest BCUT2D eigenvalue weighted by molar-refractivity contribution is 7.99. The maximum atomic E-state index is 12.0. The van der Waals surface area contributed by atoms with E-state index in [4.69, 9.17) is 0 Å². The number of hydrogen-bond acceptors (Lipinski definition) is 2. The molecule has 0 saturated carbocycles. The van der Waals surface area contributed by atoms with E-state index in [9.17, 15) is 4.79 Å². The molecule has 2 nitrogen and oxygen atoms in total. The van der Waals surface area contributed by atoms with Gasteiger partial charge in [0, 0.05) is 11.4 Å². The average Bonchev–Trinajstić information content (AvgIpc) is 2.41. The molecule has 1 N–H and O–H groups in total. The summed E-state index contributed by atoms with van der Waals surface area (Å²) < 4.78 is 0. The van der Waals surface area contributed by atoms with Gasteiger partial charge in [-0.05, 0) is 44.9 Å². The van der Waals surface area contributed by atoms with Gasteiger partial charge in [0.2, 0.25) is 5.91 Å². The van der Waals surface area contributed by atoms with Crippen LogP contribution in [0.5, 0.6) is 0 Å². The molecule has 1 amide bonds. The van der Waals surface area contributed by atoms with Crippen LogP contribution in [0.1, 0.15) is 27.8 Å². The van der Waals surface area contributed by atoms with Gasteiger partial charge in [0.05, 0.1) is 5.75 Å². The number of carbonyl (C=O) groups excluding carboxylic acids is 1. The largest absolute Gasteiger partial charge is 0.325 e. The number of benzene rings is 2. The van der Waals surface area contributed by atoms with Crippen LogP contribution in [0.4, 0.5) is 5.69 Å². The molecule has 0 fully saturated rings. The van der Waals surface area contributed by atoms with E-state index in [1.54, 1.807) is 11.8 Å². The molecular formula is C19H23NOS. The summed E-state index contributed by atoms with van der Waals surface area (Å²) in [7, 11) is 0. The van der Waals surface area contributed by atoms with E-state index < -0.39 is 0 Å². The Morgan fingerprint density at radius 2 is 1.64 bits per heavy atom. The minimum atomic E-state index is 0.0568. The highest BCUT2D eigenvalue weighted by Gasteiger charge is 2.05. The standard InChI is InChI=1S/C19H23NOS/c1-13-5-6-18(16(4)8-13)20-19(21)12-22-11-17-9-14(2)7-15(3)10-17/h5-10H,11-12H2,1-4H3,(H,20,21). The second-order valence-corrected chi connectivity index (χ2v) is 6.84. The van der Waals surface area contributed by atoms with Crippen LogP contribution in [-0.4, -0.2) is 11.7 Å². The smallest absolute Gasteiger partial charge is 0.234 e. The number of anilines is 1. The topological polar surface area (TPSA) is 29.1 Å². The van der Waals surface area contributed by atoms with Crippen molar-refractivity contribution in [2.75, 3.05) is 11.1 Å². The van der Waals surface area contributed by atoms with Gasteiger partial charge in [-0.15, -0.1) is 11.8 Å². The van der Waals surface area contributed by atoms with Crippen molar-refractivity contribution in [3.05, 3.63) is 64.2 Å². The molecule has 0 aliphatic heterocycles. The van der Waals surface area contributed by atoms with Gasteiger partial charge < -0.3 is 5.32 Å². The van der Waals surface area contributed by atoms with Gasteiger partial charge in [-0.2, -0.15) is 0 Å². The zero-order valence-corrected chi connectivity index (χ0v) is 14.5. The van der Waals surface area contributed by atoms with Crippen molar-refractivity contribution >= 4 is 23.4 Å². The van der Waals surface area contributed by atoms with E-state index in [2.05, 4.69) is 50.4 Å². The first kappa shape index (κ1) is 16.6. The fraction of sp³-hybridized carbons (Fsp3) is 0.316. The molecule has 0 aliphatic carbocycles. The summed E-state index contributed by atoms with van der Waals surface area (Å²) in [6.45, 7) is 8.28. The van der Waals surface area contributed by atoms with Gasteiger partial charge >= 0.3 is 0 Å². The van der Waals surface area contributed by atoms with Crippen molar-refractivity contribution in [2.45, 2.75) is 33.4 Å². The molecule has 3 heteroatoms. The number of hydrogen-bond donors (Lipinski definition) is 1. The summed E-state index contributed by atoms with van der Waals surface area (Å²) >= 11 is 1.65. The average molecular weight is 313 g/mol. The van der Waals surface area contributed by atoms with Crippen LogP contribution in [0, 0.1) is 27.7 Å². The Labute approximate surface area is 137 Å². The highest BCUT2D eigenvalue weighted by atomic mass is 32.2. The second kappa shape index (κ2) is 7.50. The minimum Gasteiger partial charge on any atom is -0.325 e. The number of amides is 1. The normalized spacial score (nSPS) is 10.5. The highest BCUT2D eigenvalue weighted by Crippen LogP contribution is 2.18. The maximum absolute atomic E-state index is 12.0. The number of rotatable bonds is 5. The summed E-state index contributed by atoms with van der Waals surface area (Å²) in [5, 5.41) is 2.99. The van der Waals surface area contributed by atoms with E-state index in [1.807, 2.05) is 19.1 Å². The van der Waals surface area contributed by atoms with Crippen LogP contribution < -0.4 is 5.32 Å². The van der Waals surface area contributed by atoms with Gasteiger partial charge in [-0.1, -0.05) is 47.0 Å². The Kier molecular flexibility index (Phi) is 5.67. The summed E-state index contributed by atoms with van der Waals surface area (Å²) in [6.07, 6.45) is 0. The molecule has 2 aromatic rings. The lowest BCUT2D eigenvalue weighted by Crippen LogP contribution is -2.15. The van der Waals surface area contributed by atoms with E-state index in [-0.39, 0.29) is 5.91 Å². The molecule has 0 radical (unpaired) electrons. The molecule has 0 unspecified atom stereocenters. The van der Waals surface area contributed by atoms with Crippen molar-refractivity contribution in [3.63, 3.8) is 0 Å². The third-order valence-electron chi connectivity index (χ3n) is 3.44. The van der Waals surface area contributed by atoms with Crippen molar-refractivity contribution < 1.29 is 4.79 Å². The van der Waals surface area contributed by atoms with Gasteiger partial charge in [0.1, 0.15) is 0 Å². The van der Waals surface area contributed by atoms with E-state index in [1.165, 1.54) is 22.3 Å². The molecule has 22 heavy (non-hydrogen) atoms. The summed E-state index contributed by atoms with van der Waals surface area (Å²) in [6, 6.07) is 12.6. The molecule has 0 aromatic heterocycles. The third-order valence-corrected chi connectivity index (χ3v) is 4.44. The fourth-order valence-corrected chi connectivity index (χ4v) is 3.32. The first-order valence-electron chi connectivity index (χ1n) is 7.46. The molecule has 2 aromatic carbocycles. The first-order chi connectivity index (χ1) is 10.4. The SMILES string of the molecule is Cc1cc(C)cc(CSCC(=O)Nc2ccc(C)cc2C)c1. The van der Waals surface area contributed by atoms with Crippen LogP contribution in [0.15, 0.2) is 36.4 Å². The van der Waals surface area contributed by atoms with Gasteiger partial charge in [-0.25, -0.2) is 0 Å². The molecule has 0 aliphatic rings. The van der Waals surface area contributed by atoms with Gasteiger partial charge in [-0.3, -0.25) is 4.79 Å². The van der Waals surface area contributed by atoms with Crippen LogP contribution in [-0.2, 0) is 10.5 Å². The Bertz CT molecular complexity index is 659. The Morgan fingerprint density at radius 3 is 2.27 bits per heavy atom. The van der Waals surface area contributed by atoms with Crippen molar-refractivity contribution in [3.8, 4) is 0 Å². The summed E-state index contributed by atoms with van der Waals surface area (Å²) in [5.41, 5.74) is 7.04. The van der Waals surface area contributed by atoms with Gasteiger partial charge in [0.15, 0.2) is 0 Å². The van der Waals surface area contributed by atoms with E-state index >= 15 is 0 Å². The summed E-state index contributed by atoms with van der Waals surface area (Å²) in [5.74, 6) is 1.39. The second-order valence-electron chi connectivity index (χ2n) is 5.86. The zero-order valence-electron chi connectivity index (χ0n) is 13.7. The van der Waals surface area contributed by atoms with E-state index in [0.29, 0.717) is 5.75 Å². The number of nitrogens with one attached hydrogen (secondary N) is 1. The predicted molar refractivity (Wildman–Crippen MR) is 96.6 cm³/mol. The molecule has 116 valence electrons. The minimum absolute atomic E-state index is 0.0568.